The second-order valence-electron chi connectivity index (χ2n) is 19.2. The van der Waals surface area contributed by atoms with Crippen molar-refractivity contribution in [2.45, 2.75) is 110 Å². The average Bonchev–Trinajstić information content (AvgIpc) is 3.35. The van der Waals surface area contributed by atoms with Gasteiger partial charge in [-0.25, -0.2) is 0 Å². The van der Waals surface area contributed by atoms with Gasteiger partial charge in [0, 0.05) is 43.8 Å². The van der Waals surface area contributed by atoms with Crippen molar-refractivity contribution in [2.24, 2.45) is 0 Å². The zero-order valence-corrected chi connectivity index (χ0v) is 46.1. The highest BCUT2D eigenvalue weighted by Gasteiger charge is 2.51. The maximum Gasteiger partial charge on any atom is 0.261 e. The third-order valence-corrected chi connectivity index (χ3v) is 22.6. The molecular weight excluding hydrogens is 939 g/mol. The standard InChI is InChI=1S/C27H35NO2Si.C20H28OSi.C8H7BrO.C4H10O/c1-27(2,3)31(25-11-7-5-8-12-25,26-13-9-6-10-14-26)30-20-19-28(4)21-23-15-17-24(22-29)18-16-23;1-5-6-17-21-22(20(2,3)4,18-13-9-7-10-14-18)19-15-11-8-12-16-19;9-5-7-1-3-8(6-10)4-2-7;1-2-3-4-5/h5-18,29H,19-22H2,1-4H3;7-16H,5-6,17H2,1-4H3;1-4,6H,5H2;5H,2-4H2,1H3. The first kappa shape index (κ1) is 58.0. The molecule has 2 N–H and O–H groups in total. The Morgan fingerprint density at radius 2 is 0.897 bits per heavy atom. The van der Waals surface area contributed by atoms with Gasteiger partial charge in [-0.15, -0.1) is 0 Å². The molecule has 366 valence electrons. The van der Waals surface area contributed by atoms with Crippen molar-refractivity contribution in [3.05, 3.63) is 192 Å². The average molecular weight is 1020 g/mol. The molecule has 6 aromatic rings. The van der Waals surface area contributed by atoms with Crippen LogP contribution in [0.4, 0.5) is 0 Å². The van der Waals surface area contributed by atoms with Crippen molar-refractivity contribution in [3.63, 3.8) is 0 Å². The lowest BCUT2D eigenvalue weighted by atomic mass is 10.1. The molecule has 0 radical (unpaired) electrons. The molecule has 0 bridgehead atoms. The Bertz CT molecular complexity index is 2140. The molecular formula is C59H80BrNO5Si2. The number of nitrogens with zero attached hydrogens (tertiary/aromatic N) is 1. The normalized spacial score (nSPS) is 11.6. The molecule has 0 aliphatic rings. The summed E-state index contributed by atoms with van der Waals surface area (Å²) in [5.74, 6) is 0. The molecule has 68 heavy (non-hydrogen) atoms. The van der Waals surface area contributed by atoms with E-state index in [1.54, 1.807) is 0 Å². The third kappa shape index (κ3) is 17.3. The van der Waals surface area contributed by atoms with Gasteiger partial charge in [-0.3, -0.25) is 9.69 Å². The highest BCUT2D eigenvalue weighted by molar-refractivity contribution is 9.08. The van der Waals surface area contributed by atoms with Gasteiger partial charge in [0.2, 0.25) is 0 Å². The van der Waals surface area contributed by atoms with Gasteiger partial charge >= 0.3 is 0 Å². The minimum atomic E-state index is -2.48. The summed E-state index contributed by atoms with van der Waals surface area (Å²) in [6, 6.07) is 58.9. The number of hydrogen-bond donors (Lipinski definition) is 2. The summed E-state index contributed by atoms with van der Waals surface area (Å²) in [5.41, 5.74) is 4.10. The van der Waals surface area contributed by atoms with E-state index in [1.165, 1.54) is 31.9 Å². The summed E-state index contributed by atoms with van der Waals surface area (Å²) in [5, 5.41) is 23.6. The summed E-state index contributed by atoms with van der Waals surface area (Å²) >= 11 is 3.32. The molecule has 6 nitrogen and oxygen atoms in total. The van der Waals surface area contributed by atoms with Crippen LogP contribution in [0.3, 0.4) is 0 Å². The predicted octanol–water partition coefficient (Wildman–Crippen LogP) is 11.7. The Morgan fingerprint density at radius 1 is 0.529 bits per heavy atom. The van der Waals surface area contributed by atoms with Gasteiger partial charge in [-0.05, 0) is 67.4 Å². The first-order valence-electron chi connectivity index (χ1n) is 24.2. The second-order valence-corrected chi connectivity index (χ2v) is 28.3. The lowest BCUT2D eigenvalue weighted by Gasteiger charge is -2.43. The van der Waals surface area contributed by atoms with Crippen molar-refractivity contribution in [2.75, 3.05) is 33.4 Å². The number of rotatable bonds is 19. The molecule has 0 aromatic heterocycles. The van der Waals surface area contributed by atoms with Gasteiger partial charge in [0.15, 0.2) is 0 Å². The Morgan fingerprint density at radius 3 is 1.21 bits per heavy atom. The molecule has 6 rings (SSSR count). The second kappa shape index (κ2) is 30.3. The van der Waals surface area contributed by atoms with Crippen LogP contribution in [0.15, 0.2) is 170 Å². The molecule has 0 aliphatic carbocycles. The zero-order chi connectivity index (χ0) is 49.9. The molecule has 0 atom stereocenters. The van der Waals surface area contributed by atoms with Crippen LogP contribution in [0, 0.1) is 0 Å². The SMILES string of the molecule is CCCCO.CCCCO[Si](c1ccccc1)(c1ccccc1)C(C)(C)C.CN(CCO[Si](c1ccccc1)(c1ccccc1)C(C)(C)C)Cc1ccc(CO)cc1.O=Cc1ccc(CBr)cc1. The van der Waals surface area contributed by atoms with Gasteiger partial charge in [-0.2, -0.15) is 0 Å². The first-order valence-corrected chi connectivity index (χ1v) is 29.2. The highest BCUT2D eigenvalue weighted by Crippen LogP contribution is 2.38. The van der Waals surface area contributed by atoms with Crippen molar-refractivity contribution in [1.82, 2.24) is 4.90 Å². The minimum Gasteiger partial charge on any atom is -0.407 e. The van der Waals surface area contributed by atoms with Crippen LogP contribution in [0.25, 0.3) is 0 Å². The summed E-state index contributed by atoms with van der Waals surface area (Å²) in [6.07, 6.45) is 5.16. The molecule has 0 unspecified atom stereocenters. The van der Waals surface area contributed by atoms with Crippen LogP contribution < -0.4 is 20.7 Å². The molecule has 0 heterocycles. The van der Waals surface area contributed by atoms with E-state index in [-0.39, 0.29) is 16.7 Å². The first-order chi connectivity index (χ1) is 32.7. The Balaban J connectivity index is 0.000000285. The smallest absolute Gasteiger partial charge is 0.261 e. The third-order valence-electron chi connectivity index (χ3n) is 11.9. The van der Waals surface area contributed by atoms with E-state index in [0.29, 0.717) is 13.2 Å². The van der Waals surface area contributed by atoms with E-state index in [4.69, 9.17) is 14.0 Å². The van der Waals surface area contributed by atoms with E-state index >= 15 is 0 Å². The number of carbonyl (C=O) groups excluding carboxylic acids is 1. The fourth-order valence-corrected chi connectivity index (χ4v) is 17.8. The molecule has 0 aliphatic heterocycles. The number of alkyl halides is 1. The number of likely N-dealkylation sites (N-methyl/N-ethyl adjacent to an activating group) is 1. The zero-order valence-electron chi connectivity index (χ0n) is 42.5. The van der Waals surface area contributed by atoms with Crippen LogP contribution in [0.2, 0.25) is 10.1 Å². The predicted molar refractivity (Wildman–Crippen MR) is 297 cm³/mol. The van der Waals surface area contributed by atoms with E-state index in [9.17, 15) is 9.90 Å². The Hall–Kier alpha value is -4.30. The monoisotopic (exact) mass is 1020 g/mol. The van der Waals surface area contributed by atoms with Crippen molar-refractivity contribution < 1.29 is 23.9 Å². The number of halogens is 1. The van der Waals surface area contributed by atoms with E-state index in [1.807, 2.05) is 36.4 Å². The van der Waals surface area contributed by atoms with Crippen LogP contribution in [-0.2, 0) is 27.3 Å². The van der Waals surface area contributed by atoms with E-state index < -0.39 is 16.6 Å². The van der Waals surface area contributed by atoms with E-state index in [2.05, 4.69) is 217 Å². The number of hydrogen-bond acceptors (Lipinski definition) is 6. The van der Waals surface area contributed by atoms with Gasteiger partial charge in [-0.1, -0.05) is 254 Å². The largest absolute Gasteiger partial charge is 0.407 e. The van der Waals surface area contributed by atoms with Crippen molar-refractivity contribution in [1.29, 1.82) is 0 Å². The molecule has 0 saturated carbocycles. The summed E-state index contributed by atoms with van der Waals surface area (Å²) < 4.78 is 13.7. The Labute approximate surface area is 421 Å². The van der Waals surface area contributed by atoms with Gasteiger partial charge in [0.25, 0.3) is 16.6 Å². The van der Waals surface area contributed by atoms with Gasteiger partial charge < -0.3 is 19.1 Å². The quantitative estimate of drug-likeness (QED) is 0.0364. The molecule has 6 aromatic carbocycles. The number of aliphatic hydroxyl groups excluding tert-OH is 2. The summed E-state index contributed by atoms with van der Waals surface area (Å²) in [7, 11) is -2.63. The van der Waals surface area contributed by atoms with Crippen LogP contribution in [0.1, 0.15) is 108 Å². The fraction of sp³-hybridized carbons (Fsp3) is 0.373. The van der Waals surface area contributed by atoms with Gasteiger partial charge in [0.05, 0.1) is 6.61 Å². The number of benzene rings is 6. The highest BCUT2D eigenvalue weighted by atomic mass is 79.9. The van der Waals surface area contributed by atoms with Crippen molar-refractivity contribution in [3.8, 4) is 0 Å². The topological polar surface area (TPSA) is 79.2 Å². The summed E-state index contributed by atoms with van der Waals surface area (Å²) in [4.78, 5) is 12.5. The number of aldehydes is 1. The fourth-order valence-electron chi connectivity index (χ4n) is 8.23. The lowest BCUT2D eigenvalue weighted by Crippen LogP contribution is -2.67. The maximum atomic E-state index is 10.2. The molecule has 0 spiro atoms. The number of unbranched alkanes of at least 4 members (excludes halogenated alkanes) is 2. The minimum absolute atomic E-state index is 0.00555. The van der Waals surface area contributed by atoms with Crippen LogP contribution in [-0.4, -0.2) is 71.4 Å². The van der Waals surface area contributed by atoms with Crippen LogP contribution >= 0.6 is 15.9 Å². The van der Waals surface area contributed by atoms with Crippen LogP contribution in [0.5, 0.6) is 0 Å². The van der Waals surface area contributed by atoms with E-state index in [0.717, 1.165) is 68.1 Å². The Kier molecular flexibility index (Phi) is 25.9. The molecule has 0 saturated heterocycles. The van der Waals surface area contributed by atoms with Crippen molar-refractivity contribution >= 4 is 59.6 Å². The number of aliphatic hydroxyl groups is 2. The number of carbonyl (C=O) groups is 1. The molecule has 9 heteroatoms. The lowest BCUT2D eigenvalue weighted by molar-refractivity contribution is 0.112. The van der Waals surface area contributed by atoms with Gasteiger partial charge in [0.1, 0.15) is 6.29 Å². The molecule has 0 amide bonds. The maximum absolute atomic E-state index is 10.2. The molecule has 0 fully saturated rings. The summed E-state index contributed by atoms with van der Waals surface area (Å²) in [6.45, 7) is 21.8.